The third kappa shape index (κ3) is 2.84. The Balaban J connectivity index is 2.66. The molecule has 1 aromatic heterocycles. The van der Waals surface area contributed by atoms with E-state index < -0.39 is 0 Å². The lowest BCUT2D eigenvalue weighted by molar-refractivity contribution is 0.372. The number of nitrogens with zero attached hydrogens (tertiary/aromatic N) is 3. The normalized spacial score (nSPS) is 11.6. The first kappa shape index (κ1) is 11.2. The van der Waals surface area contributed by atoms with Crippen LogP contribution in [0.15, 0.2) is 6.20 Å². The Morgan fingerprint density at radius 3 is 2.50 bits per heavy atom. The fourth-order valence-electron chi connectivity index (χ4n) is 1.52. The minimum atomic E-state index is 0.572. The van der Waals surface area contributed by atoms with Crippen LogP contribution in [0.25, 0.3) is 0 Å². The van der Waals surface area contributed by atoms with E-state index in [9.17, 15) is 0 Å². The lowest BCUT2D eigenvalue weighted by Gasteiger charge is -2.08. The third-order valence-electron chi connectivity index (χ3n) is 2.38. The largest absolute Gasteiger partial charge is 0.308 e. The number of rotatable bonds is 4. The van der Waals surface area contributed by atoms with Crippen molar-refractivity contribution < 1.29 is 0 Å². The van der Waals surface area contributed by atoms with Crippen LogP contribution in [0, 0.1) is 6.92 Å². The van der Waals surface area contributed by atoms with Gasteiger partial charge in [-0.15, -0.1) is 0 Å². The van der Waals surface area contributed by atoms with Crippen molar-refractivity contribution in [3.8, 4) is 0 Å². The molecular weight excluding hydrogens is 174 g/mol. The molecule has 0 spiro atoms. The monoisotopic (exact) mass is 195 g/mol. The zero-order valence-electron chi connectivity index (χ0n) is 9.91. The van der Waals surface area contributed by atoms with Crippen LogP contribution in [-0.4, -0.2) is 35.3 Å². The predicted octanol–water partition coefficient (Wildman–Crippen LogP) is 1.88. The molecule has 1 aromatic rings. The number of hydrogen-bond donors (Lipinski definition) is 0. The van der Waals surface area contributed by atoms with Crippen molar-refractivity contribution in [2.45, 2.75) is 33.2 Å². The van der Waals surface area contributed by atoms with Gasteiger partial charge in [-0.1, -0.05) is 13.8 Å². The molecular formula is C11H21N3. The fraction of sp³-hybridized carbons (Fsp3) is 0.727. The maximum atomic E-state index is 4.49. The van der Waals surface area contributed by atoms with Crippen LogP contribution in [0.5, 0.6) is 0 Å². The Hall–Kier alpha value is -0.830. The van der Waals surface area contributed by atoms with Gasteiger partial charge in [0.05, 0.1) is 12.2 Å². The van der Waals surface area contributed by atoms with E-state index in [2.05, 4.69) is 51.1 Å². The molecule has 0 aliphatic carbocycles. The molecule has 0 aromatic carbocycles. The van der Waals surface area contributed by atoms with Gasteiger partial charge < -0.3 is 4.90 Å². The Labute approximate surface area is 86.7 Å². The standard InChI is InChI=1S/C11H21N3/c1-9(2)11-8-14(12-10(11)3)7-6-13(4)5/h8-9H,6-7H2,1-5H3. The lowest BCUT2D eigenvalue weighted by Crippen LogP contribution is -2.18. The summed E-state index contributed by atoms with van der Waals surface area (Å²) in [6, 6.07) is 0. The van der Waals surface area contributed by atoms with Crippen molar-refractivity contribution in [2.75, 3.05) is 20.6 Å². The van der Waals surface area contributed by atoms with Gasteiger partial charge in [0.25, 0.3) is 0 Å². The van der Waals surface area contributed by atoms with Crippen molar-refractivity contribution in [3.63, 3.8) is 0 Å². The molecule has 1 heterocycles. The van der Waals surface area contributed by atoms with E-state index in [1.54, 1.807) is 0 Å². The van der Waals surface area contributed by atoms with E-state index >= 15 is 0 Å². The molecule has 1 rings (SSSR count). The molecule has 3 heteroatoms. The molecule has 0 bridgehead atoms. The van der Waals surface area contributed by atoms with Crippen LogP contribution >= 0.6 is 0 Å². The average Bonchev–Trinajstić information content (AvgIpc) is 2.43. The molecule has 0 saturated heterocycles. The quantitative estimate of drug-likeness (QED) is 0.731. The molecule has 0 radical (unpaired) electrons. The lowest BCUT2D eigenvalue weighted by atomic mass is 10.1. The smallest absolute Gasteiger partial charge is 0.0628 e. The highest BCUT2D eigenvalue weighted by molar-refractivity contribution is 5.19. The van der Waals surface area contributed by atoms with Crippen LogP contribution in [0.2, 0.25) is 0 Å². The van der Waals surface area contributed by atoms with Gasteiger partial charge in [0.2, 0.25) is 0 Å². The van der Waals surface area contributed by atoms with Gasteiger partial charge in [0.15, 0.2) is 0 Å². The van der Waals surface area contributed by atoms with Crippen LogP contribution in [-0.2, 0) is 6.54 Å². The van der Waals surface area contributed by atoms with Gasteiger partial charge in [0, 0.05) is 12.7 Å². The molecule has 0 amide bonds. The number of hydrogen-bond acceptors (Lipinski definition) is 2. The Bertz CT molecular complexity index is 287. The molecule has 0 unspecified atom stereocenters. The molecule has 0 aliphatic rings. The highest BCUT2D eigenvalue weighted by Crippen LogP contribution is 2.16. The second kappa shape index (κ2) is 4.60. The van der Waals surface area contributed by atoms with Gasteiger partial charge in [-0.2, -0.15) is 5.10 Å². The Morgan fingerprint density at radius 2 is 2.07 bits per heavy atom. The average molecular weight is 195 g/mol. The summed E-state index contributed by atoms with van der Waals surface area (Å²) >= 11 is 0. The van der Waals surface area contributed by atoms with Gasteiger partial charge in [-0.25, -0.2) is 0 Å². The first-order chi connectivity index (χ1) is 6.50. The molecule has 0 N–H and O–H groups in total. The van der Waals surface area contributed by atoms with E-state index in [0.29, 0.717) is 5.92 Å². The molecule has 0 saturated carbocycles. The molecule has 80 valence electrons. The summed E-state index contributed by atoms with van der Waals surface area (Å²) in [6.45, 7) is 8.52. The first-order valence-corrected chi connectivity index (χ1v) is 5.19. The van der Waals surface area contributed by atoms with Crippen LogP contribution < -0.4 is 0 Å². The zero-order chi connectivity index (χ0) is 10.7. The summed E-state index contributed by atoms with van der Waals surface area (Å²) in [4.78, 5) is 2.17. The van der Waals surface area contributed by atoms with E-state index in [1.165, 1.54) is 11.3 Å². The first-order valence-electron chi connectivity index (χ1n) is 5.19. The molecule has 0 fully saturated rings. The van der Waals surface area contributed by atoms with Crippen LogP contribution in [0.3, 0.4) is 0 Å². The summed E-state index contributed by atoms with van der Waals surface area (Å²) in [5.41, 5.74) is 2.53. The number of aromatic nitrogens is 2. The highest BCUT2D eigenvalue weighted by atomic mass is 15.3. The van der Waals surface area contributed by atoms with Crippen molar-refractivity contribution in [2.24, 2.45) is 0 Å². The highest BCUT2D eigenvalue weighted by Gasteiger charge is 2.07. The predicted molar refractivity (Wildman–Crippen MR) is 59.6 cm³/mol. The summed E-state index contributed by atoms with van der Waals surface area (Å²) in [5, 5.41) is 4.49. The second-order valence-electron chi connectivity index (χ2n) is 4.39. The molecule has 14 heavy (non-hydrogen) atoms. The fourth-order valence-corrected chi connectivity index (χ4v) is 1.52. The van der Waals surface area contributed by atoms with E-state index in [-0.39, 0.29) is 0 Å². The topological polar surface area (TPSA) is 21.1 Å². The maximum Gasteiger partial charge on any atom is 0.0628 e. The third-order valence-corrected chi connectivity index (χ3v) is 2.38. The Kier molecular flexibility index (Phi) is 3.69. The zero-order valence-corrected chi connectivity index (χ0v) is 9.91. The number of aryl methyl sites for hydroxylation is 1. The maximum absolute atomic E-state index is 4.49. The molecule has 0 atom stereocenters. The number of likely N-dealkylation sites (N-methyl/N-ethyl adjacent to an activating group) is 1. The molecule has 0 aliphatic heterocycles. The second-order valence-corrected chi connectivity index (χ2v) is 4.39. The van der Waals surface area contributed by atoms with Crippen molar-refractivity contribution >= 4 is 0 Å². The van der Waals surface area contributed by atoms with Crippen molar-refractivity contribution in [3.05, 3.63) is 17.5 Å². The molecule has 3 nitrogen and oxygen atoms in total. The van der Waals surface area contributed by atoms with E-state index in [0.717, 1.165) is 13.1 Å². The minimum Gasteiger partial charge on any atom is -0.308 e. The minimum absolute atomic E-state index is 0.572. The van der Waals surface area contributed by atoms with E-state index in [4.69, 9.17) is 0 Å². The summed E-state index contributed by atoms with van der Waals surface area (Å²) < 4.78 is 2.05. The van der Waals surface area contributed by atoms with Crippen LogP contribution in [0.4, 0.5) is 0 Å². The SMILES string of the molecule is Cc1nn(CCN(C)C)cc1C(C)C. The summed E-state index contributed by atoms with van der Waals surface area (Å²) in [7, 11) is 4.17. The van der Waals surface area contributed by atoms with E-state index in [1.807, 2.05) is 4.68 Å². The van der Waals surface area contributed by atoms with Gasteiger partial charge in [-0.05, 0) is 32.5 Å². The summed E-state index contributed by atoms with van der Waals surface area (Å²) in [5.74, 6) is 0.572. The van der Waals surface area contributed by atoms with Crippen molar-refractivity contribution in [1.82, 2.24) is 14.7 Å². The Morgan fingerprint density at radius 1 is 1.43 bits per heavy atom. The van der Waals surface area contributed by atoms with Gasteiger partial charge in [-0.3, -0.25) is 4.68 Å². The van der Waals surface area contributed by atoms with Crippen LogP contribution in [0.1, 0.15) is 31.0 Å². The summed E-state index contributed by atoms with van der Waals surface area (Å²) in [6.07, 6.45) is 2.17. The van der Waals surface area contributed by atoms with Crippen molar-refractivity contribution in [1.29, 1.82) is 0 Å². The van der Waals surface area contributed by atoms with Gasteiger partial charge >= 0.3 is 0 Å². The van der Waals surface area contributed by atoms with Gasteiger partial charge in [0.1, 0.15) is 0 Å².